The summed E-state index contributed by atoms with van der Waals surface area (Å²) in [5.41, 5.74) is 2.55. The molecular weight excluding hydrogens is 360 g/mol. The van der Waals surface area contributed by atoms with Gasteiger partial charge in [0.1, 0.15) is 11.6 Å². The molecule has 0 radical (unpaired) electrons. The van der Waals surface area contributed by atoms with E-state index < -0.39 is 0 Å². The Bertz CT molecular complexity index is 721. The summed E-state index contributed by atoms with van der Waals surface area (Å²) < 4.78 is 14.1. The molecule has 19 heavy (non-hydrogen) atoms. The SMILES string of the molecule is Cc1cnc(C=C2C(=O)Nc3ccc(F)c(I)c32)[nH]1. The highest BCUT2D eigenvalue weighted by Crippen LogP contribution is 2.37. The first kappa shape index (κ1) is 12.3. The van der Waals surface area contributed by atoms with Crippen molar-refractivity contribution in [3.63, 3.8) is 0 Å². The van der Waals surface area contributed by atoms with E-state index in [1.807, 2.05) is 29.5 Å². The number of H-pyrrole nitrogens is 1. The van der Waals surface area contributed by atoms with Crippen LogP contribution in [-0.4, -0.2) is 15.9 Å². The Kier molecular flexibility index (Phi) is 2.89. The van der Waals surface area contributed by atoms with Gasteiger partial charge in [0.15, 0.2) is 0 Å². The number of halogens is 2. The van der Waals surface area contributed by atoms with Crippen LogP contribution in [0.15, 0.2) is 18.3 Å². The van der Waals surface area contributed by atoms with Gasteiger partial charge in [-0.25, -0.2) is 9.37 Å². The van der Waals surface area contributed by atoms with Crippen molar-refractivity contribution in [1.82, 2.24) is 9.97 Å². The number of amides is 1. The van der Waals surface area contributed by atoms with Gasteiger partial charge in [-0.15, -0.1) is 0 Å². The first-order valence-electron chi connectivity index (χ1n) is 5.59. The lowest BCUT2D eigenvalue weighted by Gasteiger charge is -2.02. The number of fused-ring (bicyclic) bond motifs is 1. The van der Waals surface area contributed by atoms with Gasteiger partial charge in [0.25, 0.3) is 5.91 Å². The third-order valence-corrected chi connectivity index (χ3v) is 3.92. The number of imidazole rings is 1. The van der Waals surface area contributed by atoms with Gasteiger partial charge in [-0.1, -0.05) is 0 Å². The number of aryl methyl sites for hydroxylation is 1. The number of hydrogen-bond donors (Lipinski definition) is 2. The predicted octanol–water partition coefficient (Wildman–Crippen LogP) is 2.95. The minimum atomic E-state index is -0.336. The molecule has 4 nitrogen and oxygen atoms in total. The van der Waals surface area contributed by atoms with Crippen LogP contribution in [0.5, 0.6) is 0 Å². The second kappa shape index (κ2) is 4.44. The van der Waals surface area contributed by atoms with Gasteiger partial charge in [-0.2, -0.15) is 0 Å². The van der Waals surface area contributed by atoms with E-state index in [2.05, 4.69) is 15.3 Å². The second-order valence-electron chi connectivity index (χ2n) is 4.25. The van der Waals surface area contributed by atoms with Crippen LogP contribution < -0.4 is 5.32 Å². The largest absolute Gasteiger partial charge is 0.343 e. The molecule has 3 rings (SSSR count). The molecule has 0 fully saturated rings. The standard InChI is InChI=1S/C13H9FIN3O/c1-6-5-16-10(17-6)4-7-11-9(18-13(7)19)3-2-8(14)12(11)15/h2-5H,1H3,(H,16,17)(H,18,19). The normalized spacial score (nSPS) is 15.7. The van der Waals surface area contributed by atoms with E-state index in [-0.39, 0.29) is 11.7 Å². The molecule has 0 aliphatic carbocycles. The highest BCUT2D eigenvalue weighted by Gasteiger charge is 2.28. The minimum Gasteiger partial charge on any atom is -0.343 e. The van der Waals surface area contributed by atoms with Gasteiger partial charge >= 0.3 is 0 Å². The summed E-state index contributed by atoms with van der Waals surface area (Å²) in [7, 11) is 0. The summed E-state index contributed by atoms with van der Waals surface area (Å²) in [6.45, 7) is 1.88. The Labute approximate surface area is 122 Å². The van der Waals surface area contributed by atoms with Crippen LogP contribution in [0.3, 0.4) is 0 Å². The Morgan fingerprint density at radius 1 is 1.42 bits per heavy atom. The highest BCUT2D eigenvalue weighted by molar-refractivity contribution is 14.1. The molecule has 2 heterocycles. The van der Waals surface area contributed by atoms with Crippen molar-refractivity contribution >= 4 is 45.8 Å². The predicted molar refractivity (Wildman–Crippen MR) is 78.9 cm³/mol. The molecule has 1 amide bonds. The summed E-state index contributed by atoms with van der Waals surface area (Å²) in [6.07, 6.45) is 3.31. The molecule has 96 valence electrons. The van der Waals surface area contributed by atoms with Crippen molar-refractivity contribution in [3.05, 3.63) is 44.8 Å². The van der Waals surface area contributed by atoms with Crippen molar-refractivity contribution < 1.29 is 9.18 Å². The summed E-state index contributed by atoms with van der Waals surface area (Å²) in [6, 6.07) is 2.92. The molecule has 0 saturated heterocycles. The molecule has 0 atom stereocenters. The second-order valence-corrected chi connectivity index (χ2v) is 5.33. The summed E-state index contributed by atoms with van der Waals surface area (Å²) in [4.78, 5) is 19.1. The number of nitrogens with zero attached hydrogens (tertiary/aromatic N) is 1. The van der Waals surface area contributed by atoms with Crippen LogP contribution in [0.25, 0.3) is 11.6 Å². The fourth-order valence-corrected chi connectivity index (χ4v) is 2.76. The van der Waals surface area contributed by atoms with Crippen LogP contribution in [0, 0.1) is 16.3 Å². The zero-order chi connectivity index (χ0) is 13.6. The van der Waals surface area contributed by atoms with E-state index in [4.69, 9.17) is 0 Å². The van der Waals surface area contributed by atoms with Gasteiger partial charge in [0, 0.05) is 17.5 Å². The van der Waals surface area contributed by atoms with Crippen LogP contribution >= 0.6 is 22.6 Å². The molecule has 1 aromatic heterocycles. The third kappa shape index (κ3) is 2.05. The van der Waals surface area contributed by atoms with Crippen molar-refractivity contribution in [2.75, 3.05) is 5.32 Å². The van der Waals surface area contributed by atoms with Gasteiger partial charge in [0.2, 0.25) is 0 Å². The number of hydrogen-bond acceptors (Lipinski definition) is 2. The molecule has 0 bridgehead atoms. The minimum absolute atomic E-state index is 0.243. The van der Waals surface area contributed by atoms with Gasteiger partial charge in [0.05, 0.1) is 14.8 Å². The molecule has 6 heteroatoms. The molecule has 0 saturated carbocycles. The molecule has 1 aromatic carbocycles. The molecule has 2 aromatic rings. The number of anilines is 1. The number of aromatic nitrogens is 2. The Morgan fingerprint density at radius 3 is 2.89 bits per heavy atom. The van der Waals surface area contributed by atoms with E-state index in [9.17, 15) is 9.18 Å². The van der Waals surface area contributed by atoms with Crippen molar-refractivity contribution in [2.45, 2.75) is 6.92 Å². The number of aromatic amines is 1. The van der Waals surface area contributed by atoms with Crippen molar-refractivity contribution in [1.29, 1.82) is 0 Å². The average molecular weight is 369 g/mol. The maximum Gasteiger partial charge on any atom is 0.256 e. The van der Waals surface area contributed by atoms with E-state index >= 15 is 0 Å². The van der Waals surface area contributed by atoms with Crippen LogP contribution in [0.2, 0.25) is 0 Å². The third-order valence-electron chi connectivity index (χ3n) is 2.86. The summed E-state index contributed by atoms with van der Waals surface area (Å²) in [5, 5.41) is 2.72. The zero-order valence-electron chi connectivity index (χ0n) is 9.92. The summed E-state index contributed by atoms with van der Waals surface area (Å²) in [5.74, 6) is 0.000468. The topological polar surface area (TPSA) is 57.8 Å². The number of rotatable bonds is 1. The van der Waals surface area contributed by atoms with E-state index in [0.717, 1.165) is 5.69 Å². The lowest BCUT2D eigenvalue weighted by molar-refractivity contribution is -0.110. The van der Waals surface area contributed by atoms with Gasteiger partial charge in [-0.05, 0) is 47.7 Å². The highest BCUT2D eigenvalue weighted by atomic mass is 127. The van der Waals surface area contributed by atoms with Gasteiger partial charge in [-0.3, -0.25) is 4.79 Å². The smallest absolute Gasteiger partial charge is 0.256 e. The number of benzene rings is 1. The van der Waals surface area contributed by atoms with Gasteiger partial charge < -0.3 is 10.3 Å². The number of carbonyl (C=O) groups is 1. The molecule has 0 spiro atoms. The van der Waals surface area contributed by atoms with E-state index in [1.54, 1.807) is 18.3 Å². The van der Waals surface area contributed by atoms with E-state index in [1.165, 1.54) is 6.07 Å². The van der Waals surface area contributed by atoms with E-state index in [0.29, 0.717) is 26.2 Å². The monoisotopic (exact) mass is 369 g/mol. The average Bonchev–Trinajstić information content (AvgIpc) is 2.90. The number of nitrogens with one attached hydrogen (secondary N) is 2. The molecule has 0 unspecified atom stereocenters. The van der Waals surface area contributed by atoms with Crippen LogP contribution in [-0.2, 0) is 4.79 Å². The first-order valence-corrected chi connectivity index (χ1v) is 6.67. The zero-order valence-corrected chi connectivity index (χ0v) is 12.1. The maximum absolute atomic E-state index is 13.6. The molecule has 1 aliphatic rings. The first-order chi connectivity index (χ1) is 9.06. The summed E-state index contributed by atoms with van der Waals surface area (Å²) >= 11 is 1.91. The van der Waals surface area contributed by atoms with Crippen molar-refractivity contribution in [3.8, 4) is 0 Å². The Hall–Kier alpha value is -1.70. The molecule has 1 aliphatic heterocycles. The molecular formula is C13H9FIN3O. The Balaban J connectivity index is 2.17. The van der Waals surface area contributed by atoms with Crippen LogP contribution in [0.1, 0.15) is 17.1 Å². The maximum atomic E-state index is 13.6. The van der Waals surface area contributed by atoms with Crippen LogP contribution in [0.4, 0.5) is 10.1 Å². The fourth-order valence-electron chi connectivity index (χ4n) is 2.00. The quantitative estimate of drug-likeness (QED) is 0.600. The van der Waals surface area contributed by atoms with Crippen molar-refractivity contribution in [2.24, 2.45) is 0 Å². The number of carbonyl (C=O) groups excluding carboxylic acids is 1. The molecule has 2 N–H and O–H groups in total. The lowest BCUT2D eigenvalue weighted by atomic mass is 10.1. The lowest BCUT2D eigenvalue weighted by Crippen LogP contribution is -2.03. The Morgan fingerprint density at radius 2 is 2.21 bits per heavy atom. The fraction of sp³-hybridized carbons (Fsp3) is 0.0769.